The maximum atomic E-state index is 12.8. The van der Waals surface area contributed by atoms with Crippen molar-refractivity contribution >= 4 is 19.8 Å². The number of carbonyl (C=O) groups excluding carboxylic acids is 2. The Labute approximate surface area is 452 Å². The smallest absolute Gasteiger partial charge is 0.462 e. The Kier molecular flexibility index (Phi) is 53.2. The van der Waals surface area contributed by atoms with E-state index in [4.69, 9.17) is 18.5 Å². The summed E-state index contributed by atoms with van der Waals surface area (Å²) in [6.45, 7) is 4.42. The molecule has 0 aliphatic rings. The van der Waals surface area contributed by atoms with E-state index in [2.05, 4.69) is 62.5 Å². The molecule has 0 heterocycles. The van der Waals surface area contributed by atoms with Crippen LogP contribution in [0.4, 0.5) is 0 Å². The molecule has 1 N–H and O–H groups in total. The van der Waals surface area contributed by atoms with Crippen LogP contribution in [0.2, 0.25) is 0 Å². The second-order valence-electron chi connectivity index (χ2n) is 22.1. The summed E-state index contributed by atoms with van der Waals surface area (Å²) in [5.74, 6) is -0.802. The maximum Gasteiger partial charge on any atom is 0.472 e. The van der Waals surface area contributed by atoms with Gasteiger partial charge in [0.2, 0.25) is 0 Å². The van der Waals surface area contributed by atoms with Gasteiger partial charge in [0.05, 0.1) is 27.7 Å². The van der Waals surface area contributed by atoms with E-state index in [1.54, 1.807) is 0 Å². The number of carbonyl (C=O) groups is 2. The molecule has 0 bridgehead atoms. The molecule has 0 fully saturated rings. The topological polar surface area (TPSA) is 108 Å². The number of rotatable bonds is 57. The molecule has 0 aromatic carbocycles. The van der Waals surface area contributed by atoms with Gasteiger partial charge in [-0.25, -0.2) is 4.57 Å². The van der Waals surface area contributed by atoms with Crippen molar-refractivity contribution in [2.24, 2.45) is 0 Å². The van der Waals surface area contributed by atoms with Crippen LogP contribution >= 0.6 is 7.82 Å². The van der Waals surface area contributed by atoms with Crippen molar-refractivity contribution in [3.05, 3.63) is 48.6 Å². The number of unbranched alkanes of at least 4 members (excludes halogenated alkanes) is 35. The Balaban J connectivity index is 4.02. The zero-order valence-electron chi connectivity index (χ0n) is 48.6. The number of nitrogens with zero attached hydrogens (tertiary/aromatic N) is 1. The van der Waals surface area contributed by atoms with Crippen molar-refractivity contribution in [2.75, 3.05) is 47.5 Å². The maximum absolute atomic E-state index is 12.8. The molecular formula is C63H119NO8P+. The van der Waals surface area contributed by atoms with Crippen LogP contribution in [0, 0.1) is 0 Å². The Morgan fingerprint density at radius 1 is 0.425 bits per heavy atom. The summed E-state index contributed by atoms with van der Waals surface area (Å²) in [5, 5.41) is 0. The van der Waals surface area contributed by atoms with Crippen LogP contribution in [0.5, 0.6) is 0 Å². The minimum absolute atomic E-state index is 0.0301. The van der Waals surface area contributed by atoms with Gasteiger partial charge in [0, 0.05) is 12.8 Å². The highest BCUT2D eigenvalue weighted by molar-refractivity contribution is 7.47. The average Bonchev–Trinajstić information content (AvgIpc) is 3.35. The number of quaternary nitrogens is 1. The van der Waals surface area contributed by atoms with Gasteiger partial charge in [0.25, 0.3) is 0 Å². The predicted octanol–water partition coefficient (Wildman–Crippen LogP) is 19.3. The van der Waals surface area contributed by atoms with Crippen LogP contribution in [0.1, 0.15) is 290 Å². The lowest BCUT2D eigenvalue weighted by Crippen LogP contribution is -2.37. The van der Waals surface area contributed by atoms with Gasteiger partial charge in [-0.1, -0.05) is 249 Å². The fraction of sp³-hybridized carbons (Fsp3) is 0.841. The van der Waals surface area contributed by atoms with Crippen LogP contribution in [0.25, 0.3) is 0 Å². The van der Waals surface area contributed by atoms with Crippen molar-refractivity contribution in [1.82, 2.24) is 0 Å². The van der Waals surface area contributed by atoms with E-state index >= 15 is 0 Å². The number of ether oxygens (including phenoxy) is 2. The lowest BCUT2D eigenvalue weighted by atomic mass is 10.0. The Morgan fingerprint density at radius 2 is 0.740 bits per heavy atom. The standard InChI is InChI=1S/C63H118NO8P/c1-6-8-10-12-14-16-18-20-22-24-25-26-27-28-29-30-31-32-33-34-35-36-37-38-39-40-42-44-46-48-50-52-54-56-63(66)72-61(60-71-73(67,68)70-58-57-64(3,4)5)59-69-62(65)55-53-51-49-47-45-43-41-23-21-19-17-15-13-11-9-7-2/h17-20,23-25,41,61H,6-16,21-22,26-40,42-60H2,1-5H3/p+1/b19-17-,20-18-,25-24-,41-23-. The number of esters is 2. The number of hydrogen-bond acceptors (Lipinski definition) is 7. The van der Waals surface area contributed by atoms with Crippen LogP contribution in [0.15, 0.2) is 48.6 Å². The number of allylic oxidation sites excluding steroid dienone is 8. The molecule has 9 nitrogen and oxygen atoms in total. The molecule has 0 spiro atoms. The summed E-state index contributed by atoms with van der Waals surface area (Å²) in [4.78, 5) is 35.7. The number of phosphoric acid groups is 1. The van der Waals surface area contributed by atoms with E-state index in [1.165, 1.54) is 193 Å². The average molecular weight is 1050 g/mol. The van der Waals surface area contributed by atoms with Crippen molar-refractivity contribution in [3.8, 4) is 0 Å². The van der Waals surface area contributed by atoms with Crippen molar-refractivity contribution < 1.29 is 42.1 Å². The summed E-state index contributed by atoms with van der Waals surface area (Å²) in [6, 6.07) is 0. The van der Waals surface area contributed by atoms with Crippen molar-refractivity contribution in [2.45, 2.75) is 296 Å². The van der Waals surface area contributed by atoms with Crippen LogP contribution in [-0.4, -0.2) is 74.9 Å². The third kappa shape index (κ3) is 59.1. The molecule has 73 heavy (non-hydrogen) atoms. The van der Waals surface area contributed by atoms with E-state index in [1.807, 2.05) is 21.1 Å². The van der Waals surface area contributed by atoms with Gasteiger partial charge in [-0.15, -0.1) is 0 Å². The molecule has 10 heteroatoms. The first-order valence-corrected chi connectivity index (χ1v) is 32.4. The summed E-state index contributed by atoms with van der Waals surface area (Å²) in [7, 11) is 1.48. The van der Waals surface area contributed by atoms with Gasteiger partial charge < -0.3 is 18.9 Å². The zero-order valence-corrected chi connectivity index (χ0v) is 49.5. The molecule has 0 aromatic heterocycles. The number of hydrogen-bond donors (Lipinski definition) is 1. The highest BCUT2D eigenvalue weighted by Gasteiger charge is 2.27. The minimum Gasteiger partial charge on any atom is -0.462 e. The quantitative estimate of drug-likeness (QED) is 0.0211. The molecule has 2 unspecified atom stereocenters. The van der Waals surface area contributed by atoms with E-state index in [0.717, 1.165) is 64.2 Å². The minimum atomic E-state index is -4.39. The summed E-state index contributed by atoms with van der Waals surface area (Å²) < 4.78 is 34.6. The summed E-state index contributed by atoms with van der Waals surface area (Å²) >= 11 is 0. The molecule has 0 radical (unpaired) electrons. The SMILES string of the molecule is CCCCCC/C=C\C/C=C\CCCCCCCC(=O)OCC(COP(=O)(O)OCC[N+](C)(C)C)OC(=O)CCCCCCCCCCCCCCCCCCCCCCC/C=C\C/C=C\CCCCCCC. The number of likely N-dealkylation sites (N-methyl/N-ethyl adjacent to an activating group) is 1. The van der Waals surface area contributed by atoms with Gasteiger partial charge in [0.15, 0.2) is 6.10 Å². The molecule has 0 saturated heterocycles. The predicted molar refractivity (Wildman–Crippen MR) is 312 cm³/mol. The number of phosphoric ester groups is 1. The first kappa shape index (κ1) is 71.0. The molecule has 428 valence electrons. The van der Waals surface area contributed by atoms with Crippen LogP contribution < -0.4 is 0 Å². The van der Waals surface area contributed by atoms with Gasteiger partial charge in [-0.2, -0.15) is 0 Å². The molecule has 0 aromatic rings. The zero-order chi connectivity index (χ0) is 53.5. The Hall–Kier alpha value is -2.03. The lowest BCUT2D eigenvalue weighted by Gasteiger charge is -2.24. The van der Waals surface area contributed by atoms with Gasteiger partial charge in [0.1, 0.15) is 19.8 Å². The van der Waals surface area contributed by atoms with Crippen molar-refractivity contribution in [1.29, 1.82) is 0 Å². The second-order valence-corrected chi connectivity index (χ2v) is 23.5. The largest absolute Gasteiger partial charge is 0.472 e. The van der Waals surface area contributed by atoms with E-state index in [0.29, 0.717) is 17.4 Å². The van der Waals surface area contributed by atoms with E-state index in [-0.39, 0.29) is 32.0 Å². The lowest BCUT2D eigenvalue weighted by molar-refractivity contribution is -0.870. The van der Waals surface area contributed by atoms with Crippen LogP contribution in [0.3, 0.4) is 0 Å². The third-order valence-electron chi connectivity index (χ3n) is 13.6. The van der Waals surface area contributed by atoms with Gasteiger partial charge in [-0.05, 0) is 77.0 Å². The first-order valence-electron chi connectivity index (χ1n) is 30.9. The van der Waals surface area contributed by atoms with Gasteiger partial charge in [-0.3, -0.25) is 18.6 Å². The molecule has 2 atom stereocenters. The second kappa shape index (κ2) is 54.7. The Bertz CT molecular complexity index is 1370. The molecular weight excluding hydrogens is 930 g/mol. The Morgan fingerprint density at radius 3 is 1.10 bits per heavy atom. The van der Waals surface area contributed by atoms with Gasteiger partial charge >= 0.3 is 19.8 Å². The summed E-state index contributed by atoms with van der Waals surface area (Å²) in [6.07, 6.45) is 69.1. The van der Waals surface area contributed by atoms with Crippen LogP contribution in [-0.2, 0) is 32.7 Å². The highest BCUT2D eigenvalue weighted by Crippen LogP contribution is 2.43. The highest BCUT2D eigenvalue weighted by atomic mass is 31.2. The molecule has 0 rings (SSSR count). The van der Waals surface area contributed by atoms with E-state index < -0.39 is 26.5 Å². The fourth-order valence-corrected chi connectivity index (χ4v) is 9.53. The summed E-state index contributed by atoms with van der Waals surface area (Å²) in [5.41, 5.74) is 0. The monoisotopic (exact) mass is 1050 g/mol. The molecule has 0 aliphatic carbocycles. The molecule has 0 saturated carbocycles. The molecule has 0 amide bonds. The normalized spacial score (nSPS) is 13.6. The fourth-order valence-electron chi connectivity index (χ4n) is 8.78. The first-order chi connectivity index (χ1) is 35.5. The van der Waals surface area contributed by atoms with E-state index in [9.17, 15) is 19.0 Å². The third-order valence-corrected chi connectivity index (χ3v) is 14.6. The molecule has 0 aliphatic heterocycles. The van der Waals surface area contributed by atoms with Crippen molar-refractivity contribution in [3.63, 3.8) is 0 Å².